The van der Waals surface area contributed by atoms with Gasteiger partial charge in [0.25, 0.3) is 0 Å². The molecule has 0 aromatic rings. The van der Waals surface area contributed by atoms with E-state index in [1.807, 2.05) is 19.3 Å². The van der Waals surface area contributed by atoms with Crippen molar-refractivity contribution in [2.45, 2.75) is 39.5 Å². The minimum absolute atomic E-state index is 0.201. The Morgan fingerprint density at radius 3 is 2.57 bits per heavy atom. The van der Waals surface area contributed by atoms with Crippen molar-refractivity contribution in [3.63, 3.8) is 0 Å². The number of methoxy groups -OCH3 is 1. The maximum Gasteiger partial charge on any atom is 0.333 e. The molecule has 2 N–H and O–H groups in total. The fourth-order valence-electron chi connectivity index (χ4n) is 2.40. The Morgan fingerprint density at radius 1 is 1.38 bits per heavy atom. The smallest absolute Gasteiger partial charge is 0.333 e. The van der Waals surface area contributed by atoms with E-state index in [-0.39, 0.29) is 5.97 Å². The van der Waals surface area contributed by atoms with Gasteiger partial charge in [-0.15, -0.1) is 0 Å². The van der Waals surface area contributed by atoms with Crippen molar-refractivity contribution in [1.29, 1.82) is 0 Å². The molecule has 0 unspecified atom stereocenters. The monoisotopic (exact) mass is 294 g/mol. The van der Waals surface area contributed by atoms with Crippen LogP contribution < -0.4 is 10.6 Å². The van der Waals surface area contributed by atoms with Gasteiger partial charge in [-0.2, -0.15) is 0 Å². The van der Waals surface area contributed by atoms with Crippen LogP contribution in [-0.2, 0) is 9.53 Å². The van der Waals surface area contributed by atoms with Crippen molar-refractivity contribution in [3.05, 3.63) is 23.4 Å². The van der Waals surface area contributed by atoms with Gasteiger partial charge in [0.2, 0.25) is 0 Å². The van der Waals surface area contributed by atoms with Gasteiger partial charge in [-0.05, 0) is 36.5 Å². The largest absolute Gasteiger partial charge is 0.466 e. The van der Waals surface area contributed by atoms with Gasteiger partial charge >= 0.3 is 5.97 Å². The third-order valence-corrected chi connectivity index (χ3v) is 3.75. The second kappa shape index (κ2) is 9.61. The molecule has 0 heterocycles. The number of carbonyl (C=O) groups is 1. The normalized spacial score (nSPS) is 16.8. The molecule has 0 aromatic carbocycles. The van der Waals surface area contributed by atoms with Crippen LogP contribution in [0.3, 0.4) is 0 Å². The fourth-order valence-corrected chi connectivity index (χ4v) is 2.40. The Kier molecular flexibility index (Phi) is 8.13. The van der Waals surface area contributed by atoms with E-state index in [1.54, 1.807) is 0 Å². The second-order valence-electron chi connectivity index (χ2n) is 6.19. The highest BCUT2D eigenvalue weighted by atomic mass is 16.5. The zero-order chi connectivity index (χ0) is 15.7. The molecule has 120 valence electrons. The Labute approximate surface area is 129 Å². The van der Waals surface area contributed by atoms with Crippen LogP contribution in [0.1, 0.15) is 39.5 Å². The van der Waals surface area contributed by atoms with Crippen LogP contribution in [0.4, 0.5) is 0 Å². The van der Waals surface area contributed by atoms with Crippen molar-refractivity contribution >= 4 is 5.97 Å². The Balaban J connectivity index is 2.70. The number of nitrogens with one attached hydrogen (secondary N) is 2. The molecule has 0 saturated heterocycles. The number of rotatable bonds is 9. The lowest BCUT2D eigenvalue weighted by atomic mass is 9.80. The van der Waals surface area contributed by atoms with Crippen LogP contribution in [0.2, 0.25) is 0 Å². The topological polar surface area (TPSA) is 50.4 Å². The van der Waals surface area contributed by atoms with Crippen molar-refractivity contribution in [1.82, 2.24) is 10.6 Å². The summed E-state index contributed by atoms with van der Waals surface area (Å²) < 4.78 is 4.93. The summed E-state index contributed by atoms with van der Waals surface area (Å²) >= 11 is 0. The van der Waals surface area contributed by atoms with Crippen molar-refractivity contribution < 1.29 is 9.53 Å². The van der Waals surface area contributed by atoms with Crippen molar-refractivity contribution in [2.75, 3.05) is 27.2 Å². The SMILES string of the molecule is CN/C=C(\C=C(/CC1CCC1)C(=O)OC)CNCC(C)C. The number of ether oxygens (including phenoxy) is 1. The van der Waals surface area contributed by atoms with E-state index in [4.69, 9.17) is 4.74 Å². The number of hydrogen-bond donors (Lipinski definition) is 2. The van der Waals surface area contributed by atoms with E-state index in [0.29, 0.717) is 11.8 Å². The summed E-state index contributed by atoms with van der Waals surface area (Å²) in [4.78, 5) is 12.0. The molecule has 0 amide bonds. The average Bonchev–Trinajstić information content (AvgIpc) is 2.39. The molecule has 1 aliphatic rings. The number of esters is 1. The third-order valence-electron chi connectivity index (χ3n) is 3.75. The molecule has 21 heavy (non-hydrogen) atoms. The Bertz CT molecular complexity index is 382. The molecule has 1 aliphatic carbocycles. The van der Waals surface area contributed by atoms with Crippen LogP contribution in [0.25, 0.3) is 0 Å². The molecule has 1 fully saturated rings. The number of carbonyl (C=O) groups excluding carboxylic acids is 1. The number of hydrogen-bond acceptors (Lipinski definition) is 4. The molecule has 4 heteroatoms. The molecule has 0 bridgehead atoms. The Hall–Kier alpha value is -1.29. The lowest BCUT2D eigenvalue weighted by Crippen LogP contribution is -2.23. The van der Waals surface area contributed by atoms with Crippen LogP contribution >= 0.6 is 0 Å². The van der Waals surface area contributed by atoms with E-state index in [2.05, 4.69) is 24.5 Å². The van der Waals surface area contributed by atoms with Crippen LogP contribution in [0.15, 0.2) is 23.4 Å². The highest BCUT2D eigenvalue weighted by molar-refractivity contribution is 5.89. The summed E-state index contributed by atoms with van der Waals surface area (Å²) in [6.07, 6.45) is 8.49. The highest BCUT2D eigenvalue weighted by Crippen LogP contribution is 2.32. The molecular formula is C17H30N2O2. The van der Waals surface area contributed by atoms with Gasteiger partial charge in [-0.1, -0.05) is 33.1 Å². The maximum atomic E-state index is 12.0. The van der Waals surface area contributed by atoms with E-state index in [0.717, 1.165) is 30.7 Å². The summed E-state index contributed by atoms with van der Waals surface area (Å²) in [6.45, 7) is 6.08. The van der Waals surface area contributed by atoms with Crippen LogP contribution in [-0.4, -0.2) is 33.2 Å². The van der Waals surface area contributed by atoms with Gasteiger partial charge in [0.15, 0.2) is 0 Å². The first kappa shape index (κ1) is 17.8. The van der Waals surface area contributed by atoms with Gasteiger partial charge in [-0.25, -0.2) is 4.79 Å². The molecule has 0 atom stereocenters. The quantitative estimate of drug-likeness (QED) is 0.390. The van der Waals surface area contributed by atoms with Crippen LogP contribution in [0.5, 0.6) is 0 Å². The fraction of sp³-hybridized carbons (Fsp3) is 0.706. The standard InChI is InChI=1S/C17H30N2O2/c1-13(2)10-19-12-15(11-18-3)9-16(17(20)21-4)8-14-6-5-7-14/h9,11,13-14,18-19H,5-8,10,12H2,1-4H3/b15-11+,16-9+. The summed E-state index contributed by atoms with van der Waals surface area (Å²) in [5.74, 6) is 1.06. The maximum absolute atomic E-state index is 12.0. The zero-order valence-electron chi connectivity index (χ0n) is 13.9. The Morgan fingerprint density at radius 2 is 2.10 bits per heavy atom. The first-order valence-electron chi connectivity index (χ1n) is 7.92. The van der Waals surface area contributed by atoms with Gasteiger partial charge < -0.3 is 15.4 Å². The minimum Gasteiger partial charge on any atom is -0.466 e. The summed E-state index contributed by atoms with van der Waals surface area (Å²) in [7, 11) is 3.33. The van der Waals surface area contributed by atoms with E-state index >= 15 is 0 Å². The zero-order valence-corrected chi connectivity index (χ0v) is 13.9. The summed E-state index contributed by atoms with van der Waals surface area (Å²) in [5, 5.41) is 6.46. The molecule has 0 radical (unpaired) electrons. The van der Waals surface area contributed by atoms with E-state index in [9.17, 15) is 4.79 Å². The summed E-state index contributed by atoms with van der Waals surface area (Å²) in [5.41, 5.74) is 1.87. The van der Waals surface area contributed by atoms with Gasteiger partial charge in [0.1, 0.15) is 0 Å². The van der Waals surface area contributed by atoms with Crippen LogP contribution in [0, 0.1) is 11.8 Å². The first-order valence-corrected chi connectivity index (χ1v) is 7.92. The molecule has 0 aromatic heterocycles. The highest BCUT2D eigenvalue weighted by Gasteiger charge is 2.22. The average molecular weight is 294 g/mol. The van der Waals surface area contributed by atoms with Crippen molar-refractivity contribution in [2.24, 2.45) is 11.8 Å². The van der Waals surface area contributed by atoms with Gasteiger partial charge in [0.05, 0.1) is 7.11 Å². The molecule has 4 nitrogen and oxygen atoms in total. The third kappa shape index (κ3) is 6.80. The molecule has 0 aliphatic heterocycles. The van der Waals surface area contributed by atoms with Gasteiger partial charge in [0, 0.05) is 25.4 Å². The lowest BCUT2D eigenvalue weighted by molar-refractivity contribution is -0.136. The van der Waals surface area contributed by atoms with E-state index in [1.165, 1.54) is 26.4 Å². The molecular weight excluding hydrogens is 264 g/mol. The van der Waals surface area contributed by atoms with E-state index < -0.39 is 0 Å². The predicted octanol–water partition coefficient (Wildman–Crippen LogP) is 2.62. The molecule has 0 spiro atoms. The van der Waals surface area contributed by atoms with Crippen molar-refractivity contribution in [3.8, 4) is 0 Å². The second-order valence-corrected chi connectivity index (χ2v) is 6.19. The summed E-state index contributed by atoms with van der Waals surface area (Å²) in [6, 6.07) is 0. The minimum atomic E-state index is -0.201. The predicted molar refractivity (Wildman–Crippen MR) is 86.9 cm³/mol. The molecule has 1 saturated carbocycles. The molecule has 1 rings (SSSR count). The van der Waals surface area contributed by atoms with Gasteiger partial charge in [-0.3, -0.25) is 0 Å². The lowest BCUT2D eigenvalue weighted by Gasteiger charge is -2.25. The first-order chi connectivity index (χ1) is 10.1.